The van der Waals surface area contributed by atoms with E-state index in [1.807, 2.05) is 42.5 Å². The summed E-state index contributed by atoms with van der Waals surface area (Å²) in [6, 6.07) is 13.3. The second-order valence-corrected chi connectivity index (χ2v) is 6.26. The van der Waals surface area contributed by atoms with Crippen LogP contribution in [0.1, 0.15) is 11.1 Å². The minimum atomic E-state index is -0.373. The maximum Gasteiger partial charge on any atom is 0.271 e. The van der Waals surface area contributed by atoms with Gasteiger partial charge in [0.2, 0.25) is 5.95 Å². The van der Waals surface area contributed by atoms with E-state index in [0.717, 1.165) is 16.2 Å². The molecule has 138 valence electrons. The number of hydrazone groups is 1. The highest BCUT2D eigenvalue weighted by Crippen LogP contribution is 2.31. The van der Waals surface area contributed by atoms with Crippen LogP contribution in [0.2, 0.25) is 0 Å². The molecule has 0 fully saturated rings. The molecule has 8 nitrogen and oxygen atoms in total. The van der Waals surface area contributed by atoms with Crippen molar-refractivity contribution in [3.05, 3.63) is 74.6 Å². The van der Waals surface area contributed by atoms with Gasteiger partial charge in [0.15, 0.2) is 11.5 Å². The minimum Gasteiger partial charge on any atom is -0.493 e. The molecular formula is C18H16BrN5O3. The van der Waals surface area contributed by atoms with Crippen LogP contribution in [0.15, 0.2) is 63.0 Å². The molecule has 0 saturated carbocycles. The largest absolute Gasteiger partial charge is 0.493 e. The van der Waals surface area contributed by atoms with Gasteiger partial charge in [0.1, 0.15) is 12.8 Å². The lowest BCUT2D eigenvalue weighted by molar-refractivity contribution is 0.284. The van der Waals surface area contributed by atoms with E-state index >= 15 is 0 Å². The first kappa shape index (κ1) is 18.6. The number of rotatable bonds is 7. The quantitative estimate of drug-likeness (QED) is 0.442. The topological polar surface area (TPSA) is 101 Å². The summed E-state index contributed by atoms with van der Waals surface area (Å²) in [5.41, 5.74) is 3.96. The molecule has 0 bridgehead atoms. The zero-order valence-electron chi connectivity index (χ0n) is 14.3. The van der Waals surface area contributed by atoms with E-state index < -0.39 is 0 Å². The number of H-pyrrole nitrogens is 1. The molecule has 0 saturated heterocycles. The molecule has 0 aliphatic carbocycles. The third-order valence-electron chi connectivity index (χ3n) is 3.47. The summed E-state index contributed by atoms with van der Waals surface area (Å²) in [5.74, 6) is 1.28. The van der Waals surface area contributed by atoms with Gasteiger partial charge in [0, 0.05) is 10.0 Å². The molecule has 2 aromatic carbocycles. The van der Waals surface area contributed by atoms with E-state index in [1.54, 1.807) is 13.3 Å². The van der Waals surface area contributed by atoms with Gasteiger partial charge < -0.3 is 9.47 Å². The Labute approximate surface area is 163 Å². The number of aromatic nitrogens is 3. The van der Waals surface area contributed by atoms with Crippen molar-refractivity contribution < 1.29 is 9.47 Å². The highest BCUT2D eigenvalue weighted by atomic mass is 79.9. The van der Waals surface area contributed by atoms with E-state index in [4.69, 9.17) is 9.47 Å². The van der Waals surface area contributed by atoms with Gasteiger partial charge in [0.05, 0.1) is 13.3 Å². The summed E-state index contributed by atoms with van der Waals surface area (Å²) in [4.78, 5) is 13.7. The highest BCUT2D eigenvalue weighted by Gasteiger charge is 2.10. The molecule has 0 aliphatic heterocycles. The molecule has 1 heterocycles. The number of nitrogens with zero attached hydrogens (tertiary/aromatic N) is 3. The van der Waals surface area contributed by atoms with Gasteiger partial charge in [0.25, 0.3) is 5.56 Å². The minimum absolute atomic E-state index is 0.138. The third kappa shape index (κ3) is 5.14. The van der Waals surface area contributed by atoms with Gasteiger partial charge in [-0.3, -0.25) is 9.78 Å². The molecule has 3 aromatic rings. The van der Waals surface area contributed by atoms with Crippen molar-refractivity contribution in [3.63, 3.8) is 0 Å². The highest BCUT2D eigenvalue weighted by molar-refractivity contribution is 9.10. The van der Waals surface area contributed by atoms with E-state index in [1.165, 1.54) is 0 Å². The summed E-state index contributed by atoms with van der Waals surface area (Å²) in [5, 5.41) is 11.3. The zero-order chi connectivity index (χ0) is 19.1. The van der Waals surface area contributed by atoms with Crippen LogP contribution in [0.4, 0.5) is 5.95 Å². The van der Waals surface area contributed by atoms with Crippen LogP contribution in [0, 0.1) is 0 Å². The molecule has 0 aliphatic rings. The Morgan fingerprint density at radius 2 is 2.07 bits per heavy atom. The van der Waals surface area contributed by atoms with Crippen molar-refractivity contribution in [1.82, 2.24) is 15.2 Å². The number of ether oxygens (including phenoxy) is 2. The second-order valence-electron chi connectivity index (χ2n) is 5.35. The van der Waals surface area contributed by atoms with Crippen molar-refractivity contribution in [3.8, 4) is 11.5 Å². The Bertz CT molecular complexity index is 989. The molecule has 1 aromatic heterocycles. The molecule has 0 unspecified atom stereocenters. The van der Waals surface area contributed by atoms with E-state index in [2.05, 4.69) is 41.6 Å². The SMILES string of the molecule is COc1cccc(/C=N/Nc2nncc(=O)[nH]2)c1OCc1ccc(Br)cc1. The van der Waals surface area contributed by atoms with Crippen LogP contribution in [0.5, 0.6) is 11.5 Å². The number of nitrogens with one attached hydrogen (secondary N) is 2. The van der Waals surface area contributed by atoms with E-state index in [9.17, 15) is 4.79 Å². The van der Waals surface area contributed by atoms with Gasteiger partial charge in [-0.2, -0.15) is 5.10 Å². The average molecular weight is 430 g/mol. The lowest BCUT2D eigenvalue weighted by Gasteiger charge is -2.13. The number of para-hydroxylation sites is 1. The molecular weight excluding hydrogens is 414 g/mol. The number of aromatic amines is 1. The number of hydrogen-bond acceptors (Lipinski definition) is 7. The van der Waals surface area contributed by atoms with E-state index in [-0.39, 0.29) is 11.5 Å². The maximum atomic E-state index is 11.2. The van der Waals surface area contributed by atoms with Gasteiger partial charge in [-0.25, -0.2) is 5.43 Å². The number of benzene rings is 2. The van der Waals surface area contributed by atoms with Crippen LogP contribution in [0.3, 0.4) is 0 Å². The molecule has 0 spiro atoms. The first-order chi connectivity index (χ1) is 13.2. The molecule has 0 amide bonds. The maximum absolute atomic E-state index is 11.2. The van der Waals surface area contributed by atoms with Gasteiger partial charge in [-0.1, -0.05) is 34.1 Å². The Kier molecular flexibility index (Phi) is 6.16. The van der Waals surface area contributed by atoms with Crippen LogP contribution in [-0.2, 0) is 6.61 Å². The number of halogens is 1. The van der Waals surface area contributed by atoms with Crippen molar-refractivity contribution in [2.24, 2.45) is 5.10 Å². The lowest BCUT2D eigenvalue weighted by Crippen LogP contribution is -2.10. The molecule has 2 N–H and O–H groups in total. The fourth-order valence-electron chi connectivity index (χ4n) is 2.21. The predicted octanol–water partition coefficient (Wildman–Crippen LogP) is 2.96. The monoisotopic (exact) mass is 429 g/mol. The van der Waals surface area contributed by atoms with Gasteiger partial charge >= 0.3 is 0 Å². The molecule has 0 atom stereocenters. The average Bonchev–Trinajstić information content (AvgIpc) is 2.68. The molecule has 27 heavy (non-hydrogen) atoms. The Balaban J connectivity index is 1.77. The normalized spacial score (nSPS) is 10.7. The second kappa shape index (κ2) is 8.95. The van der Waals surface area contributed by atoms with Crippen molar-refractivity contribution in [1.29, 1.82) is 0 Å². The van der Waals surface area contributed by atoms with Crippen LogP contribution in [0.25, 0.3) is 0 Å². The summed E-state index contributed by atoms with van der Waals surface area (Å²) in [6.45, 7) is 0.374. The summed E-state index contributed by atoms with van der Waals surface area (Å²) in [6.07, 6.45) is 2.62. The van der Waals surface area contributed by atoms with Crippen molar-refractivity contribution >= 4 is 28.1 Å². The smallest absolute Gasteiger partial charge is 0.271 e. The number of methoxy groups -OCH3 is 1. The first-order valence-electron chi connectivity index (χ1n) is 7.91. The lowest BCUT2D eigenvalue weighted by atomic mass is 10.2. The van der Waals surface area contributed by atoms with Crippen LogP contribution >= 0.6 is 15.9 Å². The van der Waals surface area contributed by atoms with Crippen molar-refractivity contribution in [2.45, 2.75) is 6.61 Å². The van der Waals surface area contributed by atoms with Gasteiger partial charge in [-0.15, -0.1) is 10.2 Å². The number of hydrogen-bond donors (Lipinski definition) is 2. The number of anilines is 1. The summed E-state index contributed by atoms with van der Waals surface area (Å²) < 4.78 is 12.4. The predicted molar refractivity (Wildman–Crippen MR) is 105 cm³/mol. The Morgan fingerprint density at radius 1 is 1.26 bits per heavy atom. The van der Waals surface area contributed by atoms with E-state index in [0.29, 0.717) is 23.7 Å². The fourth-order valence-corrected chi connectivity index (χ4v) is 2.48. The standard InChI is InChI=1S/C18H16BrN5O3/c1-26-15-4-2-3-13(9-20-23-18-22-16(25)10-21-24-18)17(15)27-11-12-5-7-14(19)8-6-12/h2-10H,11H2,1H3,(H2,22,23,24,25)/b20-9+. The molecule has 0 radical (unpaired) electrons. The van der Waals surface area contributed by atoms with Crippen LogP contribution < -0.4 is 20.5 Å². The molecule has 9 heteroatoms. The molecule has 3 rings (SSSR count). The summed E-state index contributed by atoms with van der Waals surface area (Å²) in [7, 11) is 1.57. The fraction of sp³-hybridized carbons (Fsp3) is 0.111. The van der Waals surface area contributed by atoms with Gasteiger partial charge in [-0.05, 0) is 29.8 Å². The first-order valence-corrected chi connectivity index (χ1v) is 8.70. The third-order valence-corrected chi connectivity index (χ3v) is 4.00. The Morgan fingerprint density at radius 3 is 2.81 bits per heavy atom. The Hall–Kier alpha value is -3.20. The van der Waals surface area contributed by atoms with Crippen LogP contribution in [-0.4, -0.2) is 28.5 Å². The zero-order valence-corrected chi connectivity index (χ0v) is 15.9. The van der Waals surface area contributed by atoms with Crippen molar-refractivity contribution in [2.75, 3.05) is 12.5 Å². The summed E-state index contributed by atoms with van der Waals surface area (Å²) >= 11 is 3.41.